The van der Waals surface area contributed by atoms with Crippen molar-refractivity contribution >= 4 is 11.4 Å². The summed E-state index contributed by atoms with van der Waals surface area (Å²) in [5.41, 5.74) is 14.9. The summed E-state index contributed by atoms with van der Waals surface area (Å²) in [5, 5.41) is 0. The summed E-state index contributed by atoms with van der Waals surface area (Å²) in [6.07, 6.45) is 0. The fourth-order valence-electron chi connectivity index (χ4n) is 2.32. The van der Waals surface area contributed by atoms with Crippen LogP contribution in [-0.4, -0.2) is 0 Å². The van der Waals surface area contributed by atoms with Gasteiger partial charge in [-0.3, -0.25) is 0 Å². The number of ether oxygens (including phenoxy) is 2. The lowest BCUT2D eigenvalue weighted by Gasteiger charge is -2.15. The molecular weight excluding hydrogens is 300 g/mol. The van der Waals surface area contributed by atoms with Gasteiger partial charge in [-0.1, -0.05) is 0 Å². The molecule has 0 aliphatic rings. The Bertz CT molecular complexity index is 768. The van der Waals surface area contributed by atoms with Gasteiger partial charge in [0.05, 0.1) is 0 Å². The molecule has 0 unspecified atom stereocenters. The lowest BCUT2D eigenvalue weighted by Crippen LogP contribution is -1.94. The molecule has 0 saturated carbocycles. The summed E-state index contributed by atoms with van der Waals surface area (Å²) in [5.74, 6) is 3.08. The first-order valence-corrected chi connectivity index (χ1v) is 7.70. The van der Waals surface area contributed by atoms with Gasteiger partial charge in [-0.25, -0.2) is 0 Å². The normalized spacial score (nSPS) is 10.4. The summed E-state index contributed by atoms with van der Waals surface area (Å²) in [4.78, 5) is 0. The molecular formula is C20H20N2O2. The van der Waals surface area contributed by atoms with Gasteiger partial charge in [0, 0.05) is 11.4 Å². The maximum Gasteiger partial charge on any atom is 0.130 e. The second kappa shape index (κ2) is 6.54. The van der Waals surface area contributed by atoms with Crippen molar-refractivity contribution in [2.75, 3.05) is 11.5 Å². The minimum Gasteiger partial charge on any atom is -0.457 e. The Balaban J connectivity index is 1.82. The molecule has 0 amide bonds. The maximum absolute atomic E-state index is 5.94. The van der Waals surface area contributed by atoms with E-state index in [4.69, 9.17) is 20.9 Å². The fraction of sp³-hybridized carbons (Fsp3) is 0.100. The third kappa shape index (κ3) is 3.43. The lowest BCUT2D eigenvalue weighted by atomic mass is 10.1. The highest BCUT2D eigenvalue weighted by Crippen LogP contribution is 2.34. The van der Waals surface area contributed by atoms with E-state index in [0.717, 1.165) is 34.1 Å². The van der Waals surface area contributed by atoms with Gasteiger partial charge in [0.15, 0.2) is 0 Å². The Morgan fingerprint density at radius 1 is 0.542 bits per heavy atom. The molecule has 4 heteroatoms. The van der Waals surface area contributed by atoms with Crippen molar-refractivity contribution in [2.45, 2.75) is 13.8 Å². The van der Waals surface area contributed by atoms with Gasteiger partial charge in [0.25, 0.3) is 0 Å². The molecule has 122 valence electrons. The number of hydrogen-bond donors (Lipinski definition) is 2. The van der Waals surface area contributed by atoms with Crippen molar-refractivity contribution < 1.29 is 9.47 Å². The first-order chi connectivity index (χ1) is 11.5. The van der Waals surface area contributed by atoms with E-state index in [1.807, 2.05) is 74.5 Å². The Hall–Kier alpha value is -3.14. The van der Waals surface area contributed by atoms with Crippen LogP contribution in [0, 0.1) is 13.8 Å². The zero-order valence-electron chi connectivity index (χ0n) is 13.7. The molecule has 3 aromatic carbocycles. The van der Waals surface area contributed by atoms with Crippen molar-refractivity contribution in [3.8, 4) is 23.0 Å². The SMILES string of the molecule is Cc1c(Oc2ccc(N)cc2)ccc(Oc2ccc(N)cc2)c1C. The first kappa shape index (κ1) is 15.7. The summed E-state index contributed by atoms with van der Waals surface area (Å²) >= 11 is 0. The summed E-state index contributed by atoms with van der Waals surface area (Å²) < 4.78 is 11.9. The van der Waals surface area contributed by atoms with Crippen LogP contribution in [0.25, 0.3) is 0 Å². The van der Waals surface area contributed by atoms with Crippen molar-refractivity contribution in [1.82, 2.24) is 0 Å². The molecule has 0 bridgehead atoms. The van der Waals surface area contributed by atoms with E-state index in [0.29, 0.717) is 11.4 Å². The molecule has 3 aromatic rings. The number of nitrogen functional groups attached to an aromatic ring is 2. The van der Waals surface area contributed by atoms with Crippen LogP contribution in [0.2, 0.25) is 0 Å². The van der Waals surface area contributed by atoms with Crippen molar-refractivity contribution in [2.24, 2.45) is 0 Å². The third-order valence-corrected chi connectivity index (χ3v) is 3.90. The molecule has 0 aliphatic carbocycles. The molecule has 3 rings (SSSR count). The maximum atomic E-state index is 5.94. The highest BCUT2D eigenvalue weighted by molar-refractivity contribution is 5.51. The van der Waals surface area contributed by atoms with E-state index in [-0.39, 0.29) is 0 Å². The largest absolute Gasteiger partial charge is 0.457 e. The molecule has 0 radical (unpaired) electrons. The van der Waals surface area contributed by atoms with E-state index < -0.39 is 0 Å². The second-order valence-corrected chi connectivity index (χ2v) is 5.65. The minimum absolute atomic E-state index is 0.711. The molecule has 0 aromatic heterocycles. The molecule has 24 heavy (non-hydrogen) atoms. The minimum atomic E-state index is 0.711. The van der Waals surface area contributed by atoms with Gasteiger partial charge in [-0.05, 0) is 85.6 Å². The molecule has 0 saturated heterocycles. The van der Waals surface area contributed by atoms with Crippen molar-refractivity contribution in [1.29, 1.82) is 0 Å². The smallest absolute Gasteiger partial charge is 0.130 e. The topological polar surface area (TPSA) is 70.5 Å². The third-order valence-electron chi connectivity index (χ3n) is 3.90. The predicted octanol–water partition coefficient (Wildman–Crippen LogP) is 5.05. The Morgan fingerprint density at radius 2 is 0.875 bits per heavy atom. The van der Waals surface area contributed by atoms with Crippen LogP contribution >= 0.6 is 0 Å². The van der Waals surface area contributed by atoms with Crippen LogP contribution in [0.4, 0.5) is 11.4 Å². The number of anilines is 2. The Labute approximate surface area is 141 Å². The van der Waals surface area contributed by atoms with Crippen LogP contribution < -0.4 is 20.9 Å². The monoisotopic (exact) mass is 320 g/mol. The van der Waals surface area contributed by atoms with Crippen LogP contribution in [0.15, 0.2) is 60.7 Å². The van der Waals surface area contributed by atoms with Crippen LogP contribution in [-0.2, 0) is 0 Å². The molecule has 0 fully saturated rings. The van der Waals surface area contributed by atoms with Gasteiger partial charge < -0.3 is 20.9 Å². The van der Waals surface area contributed by atoms with E-state index >= 15 is 0 Å². The molecule has 0 spiro atoms. The van der Waals surface area contributed by atoms with E-state index in [1.54, 1.807) is 0 Å². The molecule has 4 N–H and O–H groups in total. The van der Waals surface area contributed by atoms with Crippen LogP contribution in [0.1, 0.15) is 11.1 Å². The summed E-state index contributed by atoms with van der Waals surface area (Å²) in [6.45, 7) is 4.02. The van der Waals surface area contributed by atoms with Gasteiger partial charge >= 0.3 is 0 Å². The zero-order chi connectivity index (χ0) is 17.1. The van der Waals surface area contributed by atoms with Gasteiger partial charge in [-0.15, -0.1) is 0 Å². The van der Waals surface area contributed by atoms with E-state index in [1.165, 1.54) is 0 Å². The highest BCUT2D eigenvalue weighted by atomic mass is 16.5. The standard InChI is InChI=1S/C20H20N2O2/c1-13-14(2)20(24-18-9-5-16(22)6-10-18)12-11-19(13)23-17-7-3-15(21)4-8-17/h3-12H,21-22H2,1-2H3. The Morgan fingerprint density at radius 3 is 1.21 bits per heavy atom. The average molecular weight is 320 g/mol. The number of rotatable bonds is 4. The molecule has 0 heterocycles. The molecule has 0 atom stereocenters. The van der Waals surface area contributed by atoms with Crippen molar-refractivity contribution in [3.63, 3.8) is 0 Å². The zero-order valence-corrected chi connectivity index (χ0v) is 13.7. The fourth-order valence-corrected chi connectivity index (χ4v) is 2.32. The van der Waals surface area contributed by atoms with Gasteiger partial charge in [-0.2, -0.15) is 0 Å². The summed E-state index contributed by atoms with van der Waals surface area (Å²) in [6, 6.07) is 18.5. The van der Waals surface area contributed by atoms with Crippen LogP contribution in [0.5, 0.6) is 23.0 Å². The Kier molecular flexibility index (Phi) is 4.29. The van der Waals surface area contributed by atoms with Crippen LogP contribution in [0.3, 0.4) is 0 Å². The number of nitrogens with two attached hydrogens (primary N) is 2. The molecule has 4 nitrogen and oxygen atoms in total. The highest BCUT2D eigenvalue weighted by Gasteiger charge is 2.10. The lowest BCUT2D eigenvalue weighted by molar-refractivity contribution is 0.463. The van der Waals surface area contributed by atoms with Gasteiger partial charge in [0.1, 0.15) is 23.0 Å². The first-order valence-electron chi connectivity index (χ1n) is 7.70. The summed E-state index contributed by atoms with van der Waals surface area (Å²) in [7, 11) is 0. The predicted molar refractivity (Wildman–Crippen MR) is 97.8 cm³/mol. The van der Waals surface area contributed by atoms with Crippen molar-refractivity contribution in [3.05, 3.63) is 71.8 Å². The number of hydrogen-bond acceptors (Lipinski definition) is 4. The quantitative estimate of drug-likeness (QED) is 0.660. The average Bonchev–Trinajstić information content (AvgIpc) is 2.58. The molecule has 0 aliphatic heterocycles. The number of benzene rings is 3. The second-order valence-electron chi connectivity index (χ2n) is 5.65. The van der Waals surface area contributed by atoms with Gasteiger partial charge in [0.2, 0.25) is 0 Å². The van der Waals surface area contributed by atoms with E-state index in [9.17, 15) is 0 Å². The van der Waals surface area contributed by atoms with E-state index in [2.05, 4.69) is 0 Å².